The highest BCUT2D eigenvalue weighted by Crippen LogP contribution is 2.20. The third-order valence-corrected chi connectivity index (χ3v) is 19.2. The summed E-state index contributed by atoms with van der Waals surface area (Å²) in [5.41, 5.74) is 0. The second-order valence-electron chi connectivity index (χ2n) is 28.1. The zero-order valence-electron chi connectivity index (χ0n) is 60.4. The first-order chi connectivity index (χ1) is 44.0. The van der Waals surface area contributed by atoms with E-state index in [9.17, 15) is 19.8 Å². The van der Waals surface area contributed by atoms with Crippen LogP contribution in [0.25, 0.3) is 0 Å². The molecular formula is C83H159NO5. The quantitative estimate of drug-likeness (QED) is 0.0320. The van der Waals surface area contributed by atoms with Gasteiger partial charge in [-0.05, 0) is 64.2 Å². The summed E-state index contributed by atoms with van der Waals surface area (Å²) >= 11 is 0. The number of carbonyl (C=O) groups excluding carboxylic acids is 2. The van der Waals surface area contributed by atoms with Crippen molar-refractivity contribution in [2.24, 2.45) is 0 Å². The normalized spacial score (nSPS) is 12.6. The number of hydrogen-bond donors (Lipinski definition) is 3. The van der Waals surface area contributed by atoms with Crippen molar-refractivity contribution in [1.82, 2.24) is 5.32 Å². The van der Waals surface area contributed by atoms with Crippen molar-refractivity contribution in [3.05, 3.63) is 36.5 Å². The van der Waals surface area contributed by atoms with Gasteiger partial charge in [-0.1, -0.05) is 416 Å². The highest BCUT2D eigenvalue weighted by atomic mass is 16.5. The largest absolute Gasteiger partial charge is 0.466 e. The van der Waals surface area contributed by atoms with Gasteiger partial charge in [-0.3, -0.25) is 9.59 Å². The van der Waals surface area contributed by atoms with Crippen LogP contribution in [0.5, 0.6) is 0 Å². The second kappa shape index (κ2) is 78.5. The van der Waals surface area contributed by atoms with E-state index in [1.54, 1.807) is 6.08 Å². The number of nitrogens with one attached hydrogen (secondary N) is 1. The summed E-state index contributed by atoms with van der Waals surface area (Å²) in [5.74, 6) is -0.0381. The summed E-state index contributed by atoms with van der Waals surface area (Å²) in [6.07, 6.45) is 103. The van der Waals surface area contributed by atoms with Gasteiger partial charge in [0.2, 0.25) is 5.91 Å². The molecule has 0 bridgehead atoms. The Morgan fingerprint density at radius 2 is 0.562 bits per heavy atom. The molecule has 0 rings (SSSR count). The van der Waals surface area contributed by atoms with Crippen LogP contribution in [0.3, 0.4) is 0 Å². The number of carbonyl (C=O) groups is 2. The number of unbranched alkanes of at least 4 members (excludes halogenated alkanes) is 62. The Balaban J connectivity index is 3.36. The molecule has 0 heterocycles. The molecule has 0 aromatic heterocycles. The summed E-state index contributed by atoms with van der Waals surface area (Å²) in [5, 5.41) is 23.2. The van der Waals surface area contributed by atoms with E-state index < -0.39 is 12.1 Å². The molecule has 0 spiro atoms. The average Bonchev–Trinajstić information content (AvgIpc) is 3.57. The van der Waals surface area contributed by atoms with Crippen molar-refractivity contribution < 1.29 is 24.5 Å². The minimum atomic E-state index is -0.843. The third-order valence-electron chi connectivity index (χ3n) is 19.2. The van der Waals surface area contributed by atoms with Gasteiger partial charge in [0.15, 0.2) is 0 Å². The highest BCUT2D eigenvalue weighted by molar-refractivity contribution is 5.76. The molecule has 0 fully saturated rings. The van der Waals surface area contributed by atoms with Crippen LogP contribution >= 0.6 is 0 Å². The predicted molar refractivity (Wildman–Crippen MR) is 393 cm³/mol. The Morgan fingerprint density at radius 1 is 0.315 bits per heavy atom. The fraction of sp³-hybridized carbons (Fsp3) is 0.904. The summed E-state index contributed by atoms with van der Waals surface area (Å²) in [4.78, 5) is 24.6. The number of aliphatic hydroxyl groups is 2. The lowest BCUT2D eigenvalue weighted by atomic mass is 10.0. The molecule has 6 heteroatoms. The number of amides is 1. The van der Waals surface area contributed by atoms with Crippen LogP contribution in [-0.4, -0.2) is 47.4 Å². The average molecular weight is 1250 g/mol. The summed E-state index contributed by atoms with van der Waals surface area (Å²) in [6.45, 7) is 4.96. The number of rotatable bonds is 77. The highest BCUT2D eigenvalue weighted by Gasteiger charge is 2.18. The summed E-state index contributed by atoms with van der Waals surface area (Å²) < 4.78 is 5.51. The van der Waals surface area contributed by atoms with Gasteiger partial charge in [-0.2, -0.15) is 0 Å². The van der Waals surface area contributed by atoms with Gasteiger partial charge in [-0.25, -0.2) is 0 Å². The maximum atomic E-state index is 12.5. The van der Waals surface area contributed by atoms with Crippen LogP contribution in [0.2, 0.25) is 0 Å². The molecule has 0 aromatic carbocycles. The number of esters is 1. The molecule has 2 atom stereocenters. The number of ether oxygens (including phenoxy) is 1. The minimum Gasteiger partial charge on any atom is -0.466 e. The van der Waals surface area contributed by atoms with Crippen LogP contribution < -0.4 is 5.32 Å². The number of aliphatic hydroxyl groups excluding tert-OH is 2. The predicted octanol–water partition coefficient (Wildman–Crippen LogP) is 27.0. The fourth-order valence-corrected chi connectivity index (χ4v) is 13.0. The van der Waals surface area contributed by atoms with Crippen LogP contribution in [0.4, 0.5) is 0 Å². The molecule has 0 saturated heterocycles. The molecule has 0 radical (unpaired) electrons. The van der Waals surface area contributed by atoms with E-state index in [1.165, 1.54) is 385 Å². The lowest BCUT2D eigenvalue weighted by molar-refractivity contribution is -0.143. The number of allylic oxidation sites excluding steroid dienone is 5. The first kappa shape index (κ1) is 87.1. The van der Waals surface area contributed by atoms with Gasteiger partial charge in [-0.15, -0.1) is 0 Å². The first-order valence-electron chi connectivity index (χ1n) is 40.8. The Hall–Kier alpha value is -1.92. The SMILES string of the molecule is CCCCCCCCCCCCCCCCCC/C=C/C(O)C(CO)NC(=O)CCCCCCCCCCCCCCCCCCC/C=C\C/C=C\CCCCCCCCCCCCCCCOC(=O)CCCCCCCCCCCCCCCCCCC. The van der Waals surface area contributed by atoms with Crippen molar-refractivity contribution in [2.45, 2.75) is 469 Å². The van der Waals surface area contributed by atoms with Crippen molar-refractivity contribution in [1.29, 1.82) is 0 Å². The standard InChI is InChI=1S/C83H159NO5/c1-3-5-7-9-11-13-15-17-19-21-44-47-51-55-59-63-67-71-75-81(86)80(79-85)84-82(87)76-72-68-64-60-56-52-48-45-41-39-37-35-33-31-29-27-25-23-22-24-26-28-30-32-34-36-38-40-42-46-50-54-58-62-66-70-74-78-89-83(88)77-73-69-65-61-57-53-49-43-20-18-16-14-12-10-8-6-4-2/h22,24,28,30,71,75,80-81,85-86H,3-21,23,25-27,29,31-70,72-74,76-79H2,1-2H3,(H,84,87)/b24-22-,30-28-,75-71+. The van der Waals surface area contributed by atoms with E-state index in [-0.39, 0.29) is 18.5 Å². The van der Waals surface area contributed by atoms with Crippen molar-refractivity contribution in [3.8, 4) is 0 Å². The molecule has 0 aliphatic carbocycles. The smallest absolute Gasteiger partial charge is 0.305 e. The molecule has 526 valence electrons. The van der Waals surface area contributed by atoms with E-state index in [0.29, 0.717) is 19.4 Å². The molecular weight excluding hydrogens is 1090 g/mol. The van der Waals surface area contributed by atoms with E-state index in [2.05, 4.69) is 43.5 Å². The second-order valence-corrected chi connectivity index (χ2v) is 28.1. The van der Waals surface area contributed by atoms with Crippen molar-refractivity contribution in [3.63, 3.8) is 0 Å². The van der Waals surface area contributed by atoms with Crippen LogP contribution in [0.15, 0.2) is 36.5 Å². The molecule has 0 aliphatic heterocycles. The van der Waals surface area contributed by atoms with E-state index in [4.69, 9.17) is 4.74 Å². The lowest BCUT2D eigenvalue weighted by Gasteiger charge is -2.20. The Kier molecular flexibility index (Phi) is 76.8. The van der Waals surface area contributed by atoms with Gasteiger partial charge in [0.1, 0.15) is 0 Å². The third kappa shape index (κ3) is 75.0. The molecule has 89 heavy (non-hydrogen) atoms. The van der Waals surface area contributed by atoms with E-state index in [0.717, 1.165) is 44.9 Å². The summed E-state index contributed by atoms with van der Waals surface area (Å²) in [6, 6.07) is -0.627. The fourth-order valence-electron chi connectivity index (χ4n) is 13.0. The summed E-state index contributed by atoms with van der Waals surface area (Å²) in [7, 11) is 0. The van der Waals surface area contributed by atoms with Gasteiger partial charge in [0, 0.05) is 12.8 Å². The maximum Gasteiger partial charge on any atom is 0.305 e. The number of hydrogen-bond acceptors (Lipinski definition) is 5. The van der Waals surface area contributed by atoms with E-state index >= 15 is 0 Å². The van der Waals surface area contributed by atoms with Crippen molar-refractivity contribution in [2.75, 3.05) is 13.2 Å². The maximum absolute atomic E-state index is 12.5. The lowest BCUT2D eigenvalue weighted by Crippen LogP contribution is -2.45. The van der Waals surface area contributed by atoms with Crippen molar-refractivity contribution >= 4 is 11.9 Å². The molecule has 3 N–H and O–H groups in total. The Labute approximate surface area is 557 Å². The first-order valence-corrected chi connectivity index (χ1v) is 40.8. The Bertz CT molecular complexity index is 1440. The van der Waals surface area contributed by atoms with Gasteiger partial charge in [0.25, 0.3) is 0 Å². The zero-order valence-corrected chi connectivity index (χ0v) is 60.4. The molecule has 0 aromatic rings. The minimum absolute atomic E-state index is 0.0233. The Morgan fingerprint density at radius 3 is 0.854 bits per heavy atom. The van der Waals surface area contributed by atoms with Gasteiger partial charge < -0.3 is 20.3 Å². The zero-order chi connectivity index (χ0) is 64.2. The molecule has 1 amide bonds. The van der Waals surface area contributed by atoms with E-state index in [1.807, 2.05) is 6.08 Å². The van der Waals surface area contributed by atoms with Crippen LogP contribution in [-0.2, 0) is 14.3 Å². The molecule has 0 saturated carbocycles. The monoisotopic (exact) mass is 1250 g/mol. The molecule has 2 unspecified atom stereocenters. The topological polar surface area (TPSA) is 95.9 Å². The molecule has 6 nitrogen and oxygen atoms in total. The van der Waals surface area contributed by atoms with Gasteiger partial charge in [0.05, 0.1) is 25.4 Å². The van der Waals surface area contributed by atoms with Crippen LogP contribution in [0, 0.1) is 0 Å². The van der Waals surface area contributed by atoms with Gasteiger partial charge >= 0.3 is 5.97 Å². The van der Waals surface area contributed by atoms with Crippen LogP contribution in [0.1, 0.15) is 457 Å². The molecule has 0 aliphatic rings.